The van der Waals surface area contributed by atoms with Gasteiger partial charge in [-0.3, -0.25) is 19.1 Å². The number of nitrogens with zero attached hydrogens (tertiary/aromatic N) is 1. The van der Waals surface area contributed by atoms with Crippen LogP contribution in [0.15, 0.2) is 52.2 Å². The van der Waals surface area contributed by atoms with Crippen LogP contribution in [0, 0.1) is 0 Å². The number of H-pyrrole nitrogens is 1. The normalized spacial score (nSPS) is 16.0. The summed E-state index contributed by atoms with van der Waals surface area (Å²) >= 11 is 0. The Morgan fingerprint density at radius 2 is 1.83 bits per heavy atom. The highest BCUT2D eigenvalue weighted by Crippen LogP contribution is 2.40. The molecule has 1 amide bonds. The van der Waals surface area contributed by atoms with Crippen molar-refractivity contribution in [2.24, 2.45) is 0 Å². The van der Waals surface area contributed by atoms with Crippen molar-refractivity contribution in [3.63, 3.8) is 0 Å². The van der Waals surface area contributed by atoms with Crippen LogP contribution in [0.5, 0.6) is 0 Å². The van der Waals surface area contributed by atoms with Gasteiger partial charge in [0.1, 0.15) is 6.54 Å². The first-order chi connectivity index (χ1) is 11.6. The summed E-state index contributed by atoms with van der Waals surface area (Å²) in [5, 5.41) is 2.96. The minimum absolute atomic E-state index is 0.0210. The average molecular weight is 327 g/mol. The van der Waals surface area contributed by atoms with E-state index >= 15 is 0 Å². The molecule has 2 aromatic rings. The van der Waals surface area contributed by atoms with Gasteiger partial charge in [0, 0.05) is 24.2 Å². The molecule has 24 heavy (non-hydrogen) atoms. The SMILES string of the molecule is O=C(Cn1ccc(=O)[nH]c1=O)NCC1(c2ccccc2)CCCC1. The summed E-state index contributed by atoms with van der Waals surface area (Å²) in [6.07, 6.45) is 5.75. The topological polar surface area (TPSA) is 84.0 Å². The lowest BCUT2D eigenvalue weighted by Gasteiger charge is -2.30. The smallest absolute Gasteiger partial charge is 0.328 e. The number of rotatable bonds is 5. The molecule has 126 valence electrons. The van der Waals surface area contributed by atoms with E-state index in [2.05, 4.69) is 22.4 Å². The fourth-order valence-electron chi connectivity index (χ4n) is 3.46. The highest BCUT2D eigenvalue weighted by molar-refractivity contribution is 5.75. The van der Waals surface area contributed by atoms with Gasteiger partial charge >= 0.3 is 5.69 Å². The van der Waals surface area contributed by atoms with Crippen molar-refractivity contribution in [3.05, 3.63) is 69.0 Å². The van der Waals surface area contributed by atoms with Crippen molar-refractivity contribution in [2.75, 3.05) is 6.54 Å². The molecule has 0 unspecified atom stereocenters. The zero-order valence-electron chi connectivity index (χ0n) is 13.5. The zero-order chi connectivity index (χ0) is 17.0. The van der Waals surface area contributed by atoms with Gasteiger partial charge in [0.15, 0.2) is 0 Å². The van der Waals surface area contributed by atoms with Gasteiger partial charge in [0.05, 0.1) is 0 Å². The first kappa shape index (κ1) is 16.2. The Labute approximate surface area is 139 Å². The number of hydrogen-bond acceptors (Lipinski definition) is 3. The van der Waals surface area contributed by atoms with Gasteiger partial charge in [0.2, 0.25) is 5.91 Å². The van der Waals surface area contributed by atoms with Gasteiger partial charge in [-0.05, 0) is 18.4 Å². The molecule has 3 rings (SSSR count). The number of nitrogens with one attached hydrogen (secondary N) is 2. The Kier molecular flexibility index (Phi) is 4.64. The molecule has 1 aliphatic rings. The van der Waals surface area contributed by atoms with Crippen LogP contribution >= 0.6 is 0 Å². The molecule has 1 aromatic heterocycles. The van der Waals surface area contributed by atoms with Crippen molar-refractivity contribution in [2.45, 2.75) is 37.6 Å². The number of amides is 1. The van der Waals surface area contributed by atoms with Crippen molar-refractivity contribution >= 4 is 5.91 Å². The van der Waals surface area contributed by atoms with E-state index in [1.54, 1.807) is 0 Å². The Morgan fingerprint density at radius 1 is 1.12 bits per heavy atom. The number of carbonyl (C=O) groups excluding carboxylic acids is 1. The summed E-state index contributed by atoms with van der Waals surface area (Å²) in [5.41, 5.74) is 0.193. The molecule has 6 heteroatoms. The molecule has 0 radical (unpaired) electrons. The monoisotopic (exact) mass is 327 g/mol. The summed E-state index contributed by atoms with van der Waals surface area (Å²) in [6.45, 7) is 0.467. The van der Waals surface area contributed by atoms with Crippen LogP contribution in [0.2, 0.25) is 0 Å². The quantitative estimate of drug-likeness (QED) is 0.864. The van der Waals surface area contributed by atoms with E-state index in [4.69, 9.17) is 0 Å². The van der Waals surface area contributed by atoms with Gasteiger partial charge in [-0.2, -0.15) is 0 Å². The summed E-state index contributed by atoms with van der Waals surface area (Å²) in [7, 11) is 0. The van der Waals surface area contributed by atoms with Crippen LogP contribution in [0.1, 0.15) is 31.2 Å². The lowest BCUT2D eigenvalue weighted by Crippen LogP contribution is -2.42. The highest BCUT2D eigenvalue weighted by atomic mass is 16.2. The molecule has 1 aromatic carbocycles. The molecule has 2 N–H and O–H groups in total. The van der Waals surface area contributed by atoms with E-state index in [0.29, 0.717) is 6.54 Å². The summed E-state index contributed by atoms with van der Waals surface area (Å²) in [4.78, 5) is 37.1. The van der Waals surface area contributed by atoms with E-state index in [0.717, 1.165) is 25.7 Å². The lowest BCUT2D eigenvalue weighted by atomic mass is 9.79. The van der Waals surface area contributed by atoms with Crippen LogP contribution in [0.25, 0.3) is 0 Å². The first-order valence-corrected chi connectivity index (χ1v) is 8.21. The molecule has 1 heterocycles. The van der Waals surface area contributed by atoms with Crippen LogP contribution < -0.4 is 16.6 Å². The van der Waals surface area contributed by atoms with Gasteiger partial charge in [-0.1, -0.05) is 43.2 Å². The molecule has 1 aliphatic carbocycles. The predicted octanol–water partition coefficient (Wildman–Crippen LogP) is 1.16. The van der Waals surface area contributed by atoms with Crippen LogP contribution in [0.3, 0.4) is 0 Å². The third kappa shape index (κ3) is 3.48. The maximum Gasteiger partial charge on any atom is 0.328 e. The molecule has 0 saturated heterocycles. The van der Waals surface area contributed by atoms with Crippen molar-refractivity contribution < 1.29 is 4.79 Å². The second-order valence-electron chi connectivity index (χ2n) is 6.37. The third-order valence-electron chi connectivity index (χ3n) is 4.78. The molecular weight excluding hydrogens is 306 g/mol. The van der Waals surface area contributed by atoms with Gasteiger partial charge < -0.3 is 5.32 Å². The molecule has 0 spiro atoms. The Hall–Kier alpha value is -2.63. The van der Waals surface area contributed by atoms with Crippen molar-refractivity contribution in [3.8, 4) is 0 Å². The van der Waals surface area contributed by atoms with Gasteiger partial charge in [-0.15, -0.1) is 0 Å². The van der Waals surface area contributed by atoms with Crippen molar-refractivity contribution in [1.29, 1.82) is 0 Å². The largest absolute Gasteiger partial charge is 0.354 e. The van der Waals surface area contributed by atoms with Crippen LogP contribution in [0.4, 0.5) is 0 Å². The molecule has 0 aliphatic heterocycles. The van der Waals surface area contributed by atoms with E-state index in [-0.39, 0.29) is 17.9 Å². The number of benzene rings is 1. The molecule has 0 atom stereocenters. The number of aromatic nitrogens is 2. The predicted molar refractivity (Wildman–Crippen MR) is 90.9 cm³/mol. The average Bonchev–Trinajstić information content (AvgIpc) is 3.07. The summed E-state index contributed by atoms with van der Waals surface area (Å²) < 4.78 is 1.20. The molecule has 1 fully saturated rings. The maximum atomic E-state index is 12.2. The lowest BCUT2D eigenvalue weighted by molar-refractivity contribution is -0.122. The van der Waals surface area contributed by atoms with E-state index in [1.807, 2.05) is 18.2 Å². The third-order valence-corrected chi connectivity index (χ3v) is 4.78. The Balaban J connectivity index is 1.68. The second kappa shape index (κ2) is 6.86. The molecule has 1 saturated carbocycles. The summed E-state index contributed by atoms with van der Waals surface area (Å²) in [5.74, 6) is -0.230. The number of hydrogen-bond donors (Lipinski definition) is 2. The van der Waals surface area contributed by atoms with E-state index in [1.165, 1.54) is 22.4 Å². The van der Waals surface area contributed by atoms with Gasteiger partial charge in [-0.25, -0.2) is 4.79 Å². The minimum Gasteiger partial charge on any atom is -0.354 e. The fraction of sp³-hybridized carbons (Fsp3) is 0.389. The Morgan fingerprint density at radius 3 is 2.50 bits per heavy atom. The number of carbonyl (C=O) groups is 1. The molecular formula is C18H21N3O3. The molecule has 0 bridgehead atoms. The minimum atomic E-state index is -0.573. The highest BCUT2D eigenvalue weighted by Gasteiger charge is 2.35. The maximum absolute atomic E-state index is 12.2. The number of aromatic amines is 1. The van der Waals surface area contributed by atoms with Gasteiger partial charge in [0.25, 0.3) is 5.56 Å². The standard InChI is InChI=1S/C18H21N3O3/c22-15-8-11-21(17(24)20-15)12-16(23)19-13-18(9-4-5-10-18)14-6-2-1-3-7-14/h1-3,6-8,11H,4-5,9-10,12-13H2,(H,19,23)(H,20,22,24). The van der Waals surface area contributed by atoms with E-state index in [9.17, 15) is 14.4 Å². The first-order valence-electron chi connectivity index (χ1n) is 8.21. The molecule has 6 nitrogen and oxygen atoms in total. The Bertz CT molecular complexity index is 817. The summed E-state index contributed by atoms with van der Waals surface area (Å²) in [6, 6.07) is 11.5. The second-order valence-corrected chi connectivity index (χ2v) is 6.37. The van der Waals surface area contributed by atoms with Crippen LogP contribution in [-0.2, 0) is 16.8 Å². The fourth-order valence-corrected chi connectivity index (χ4v) is 3.46. The zero-order valence-corrected chi connectivity index (χ0v) is 13.5. The van der Waals surface area contributed by atoms with Crippen molar-refractivity contribution in [1.82, 2.24) is 14.9 Å². The van der Waals surface area contributed by atoms with Crippen LogP contribution in [-0.4, -0.2) is 22.0 Å². The van der Waals surface area contributed by atoms with E-state index < -0.39 is 11.2 Å².